The van der Waals surface area contributed by atoms with Crippen molar-refractivity contribution in [3.63, 3.8) is 0 Å². The smallest absolute Gasteiger partial charge is 0.336 e. The lowest BCUT2D eigenvalue weighted by atomic mass is 10.0. The van der Waals surface area contributed by atoms with Crippen molar-refractivity contribution in [3.8, 4) is 5.75 Å². The molecule has 0 aliphatic heterocycles. The summed E-state index contributed by atoms with van der Waals surface area (Å²) in [6, 6.07) is 14.0. The predicted molar refractivity (Wildman–Crippen MR) is 84.4 cm³/mol. The van der Waals surface area contributed by atoms with Crippen LogP contribution < -0.4 is 4.74 Å². The van der Waals surface area contributed by atoms with Crippen LogP contribution in [0.5, 0.6) is 5.75 Å². The van der Waals surface area contributed by atoms with Crippen molar-refractivity contribution >= 4 is 23.6 Å². The molecule has 0 heterocycles. The zero-order valence-corrected chi connectivity index (χ0v) is 12.4. The average Bonchev–Trinajstić information content (AvgIpc) is 2.47. The van der Waals surface area contributed by atoms with E-state index in [0.717, 1.165) is 11.1 Å². The van der Waals surface area contributed by atoms with E-state index in [0.29, 0.717) is 11.3 Å². The van der Waals surface area contributed by atoms with Gasteiger partial charge in [0.1, 0.15) is 5.75 Å². The zero-order chi connectivity index (χ0) is 16.1. The summed E-state index contributed by atoms with van der Waals surface area (Å²) in [5, 5.41) is 9.40. The van der Waals surface area contributed by atoms with Crippen molar-refractivity contribution < 1.29 is 19.4 Å². The summed E-state index contributed by atoms with van der Waals surface area (Å²) in [5.74, 6) is -1.04. The third kappa shape index (κ3) is 4.06. The summed E-state index contributed by atoms with van der Waals surface area (Å²) in [6.07, 6.45) is 1.61. The molecule has 0 atom stereocenters. The van der Waals surface area contributed by atoms with Crippen molar-refractivity contribution in [1.29, 1.82) is 0 Å². The summed E-state index contributed by atoms with van der Waals surface area (Å²) in [6.45, 7) is 3.28. The van der Waals surface area contributed by atoms with Crippen LogP contribution in [0.2, 0.25) is 0 Å². The van der Waals surface area contributed by atoms with Crippen LogP contribution >= 0.6 is 0 Å². The Balaban J connectivity index is 2.33. The number of ether oxygens (including phenoxy) is 1. The van der Waals surface area contributed by atoms with Crippen LogP contribution in [0.3, 0.4) is 0 Å². The fourth-order valence-corrected chi connectivity index (χ4v) is 1.97. The van der Waals surface area contributed by atoms with Gasteiger partial charge in [-0.15, -0.1) is 0 Å². The lowest BCUT2D eigenvalue weighted by molar-refractivity contribution is -0.132. The molecule has 4 heteroatoms. The Morgan fingerprint density at radius 2 is 1.59 bits per heavy atom. The molecule has 2 aromatic carbocycles. The molecule has 0 aliphatic carbocycles. The molecule has 2 rings (SSSR count). The monoisotopic (exact) mass is 296 g/mol. The number of carboxylic acid groups (broad SMARTS) is 1. The summed E-state index contributed by atoms with van der Waals surface area (Å²) < 4.78 is 4.94. The summed E-state index contributed by atoms with van der Waals surface area (Å²) in [5.41, 5.74) is 2.65. The van der Waals surface area contributed by atoms with Crippen molar-refractivity contribution in [3.05, 3.63) is 65.2 Å². The van der Waals surface area contributed by atoms with Gasteiger partial charge < -0.3 is 9.84 Å². The molecule has 0 fully saturated rings. The van der Waals surface area contributed by atoms with Gasteiger partial charge in [0.25, 0.3) is 0 Å². The summed E-state index contributed by atoms with van der Waals surface area (Å²) in [4.78, 5) is 22.4. The first-order valence-corrected chi connectivity index (χ1v) is 6.76. The van der Waals surface area contributed by atoms with Gasteiger partial charge in [0.15, 0.2) is 0 Å². The van der Waals surface area contributed by atoms with Gasteiger partial charge in [-0.25, -0.2) is 4.79 Å². The molecule has 0 amide bonds. The van der Waals surface area contributed by atoms with Gasteiger partial charge >= 0.3 is 11.9 Å². The number of hydrogen-bond donors (Lipinski definition) is 1. The Morgan fingerprint density at radius 3 is 2.09 bits per heavy atom. The number of hydrogen-bond acceptors (Lipinski definition) is 3. The molecule has 0 spiro atoms. The number of aliphatic carboxylic acids is 1. The maximum Gasteiger partial charge on any atom is 0.336 e. The molecule has 22 heavy (non-hydrogen) atoms. The Bertz CT molecular complexity index is 710. The SMILES string of the molecule is CC(=O)Oc1ccc(/C(=C/c2ccc(C)cc2)C(=O)O)cc1. The van der Waals surface area contributed by atoms with E-state index in [2.05, 4.69) is 0 Å². The molecule has 112 valence electrons. The van der Waals surface area contributed by atoms with Crippen LogP contribution in [-0.2, 0) is 9.59 Å². The predicted octanol–water partition coefficient (Wildman–Crippen LogP) is 3.55. The van der Waals surface area contributed by atoms with Crippen LogP contribution in [0.25, 0.3) is 11.6 Å². The van der Waals surface area contributed by atoms with E-state index in [4.69, 9.17) is 4.74 Å². The molecule has 4 nitrogen and oxygen atoms in total. The number of carbonyl (C=O) groups excluding carboxylic acids is 1. The number of carboxylic acids is 1. The van der Waals surface area contributed by atoms with Gasteiger partial charge in [0.2, 0.25) is 0 Å². The van der Waals surface area contributed by atoms with E-state index in [1.165, 1.54) is 6.92 Å². The second-order valence-corrected chi connectivity index (χ2v) is 4.89. The number of esters is 1. The maximum absolute atomic E-state index is 11.5. The first-order chi connectivity index (χ1) is 10.5. The highest BCUT2D eigenvalue weighted by atomic mass is 16.5. The molecule has 2 aromatic rings. The molecule has 0 aliphatic rings. The highest BCUT2D eigenvalue weighted by molar-refractivity contribution is 6.20. The van der Waals surface area contributed by atoms with Gasteiger partial charge in [-0.2, -0.15) is 0 Å². The third-order valence-corrected chi connectivity index (χ3v) is 3.05. The molecule has 0 radical (unpaired) electrons. The number of rotatable bonds is 4. The molecular formula is C18H16O4. The van der Waals surface area contributed by atoms with Crippen LogP contribution in [0.4, 0.5) is 0 Å². The van der Waals surface area contributed by atoms with Crippen LogP contribution in [0, 0.1) is 6.92 Å². The quantitative estimate of drug-likeness (QED) is 0.405. The van der Waals surface area contributed by atoms with Crippen molar-refractivity contribution in [1.82, 2.24) is 0 Å². The lowest BCUT2D eigenvalue weighted by Crippen LogP contribution is -2.02. The van der Waals surface area contributed by atoms with Crippen molar-refractivity contribution in [2.75, 3.05) is 0 Å². The molecule has 1 N–H and O–H groups in total. The average molecular weight is 296 g/mol. The Kier molecular flexibility index (Phi) is 4.73. The number of carbonyl (C=O) groups is 2. The zero-order valence-electron chi connectivity index (χ0n) is 12.4. The number of aryl methyl sites for hydroxylation is 1. The largest absolute Gasteiger partial charge is 0.478 e. The second-order valence-electron chi connectivity index (χ2n) is 4.89. The first-order valence-electron chi connectivity index (χ1n) is 6.76. The van der Waals surface area contributed by atoms with Crippen LogP contribution in [0.1, 0.15) is 23.6 Å². The minimum atomic E-state index is -1.01. The Morgan fingerprint density at radius 1 is 1.00 bits per heavy atom. The van der Waals surface area contributed by atoms with Crippen LogP contribution in [-0.4, -0.2) is 17.0 Å². The summed E-state index contributed by atoms with van der Waals surface area (Å²) >= 11 is 0. The van der Waals surface area contributed by atoms with E-state index in [-0.39, 0.29) is 5.57 Å². The fourth-order valence-electron chi connectivity index (χ4n) is 1.97. The molecule has 0 aromatic heterocycles. The second kappa shape index (κ2) is 6.72. The fraction of sp³-hybridized carbons (Fsp3) is 0.111. The van der Waals surface area contributed by atoms with Crippen LogP contribution in [0.15, 0.2) is 48.5 Å². The topological polar surface area (TPSA) is 63.6 Å². The standard InChI is InChI=1S/C18H16O4/c1-12-3-5-14(6-4-12)11-17(18(20)21)15-7-9-16(10-8-15)22-13(2)19/h3-11H,1-2H3,(H,20,21)/b17-11-. The molecular weight excluding hydrogens is 280 g/mol. The summed E-state index contributed by atoms with van der Waals surface area (Å²) in [7, 11) is 0. The minimum Gasteiger partial charge on any atom is -0.478 e. The van der Waals surface area contributed by atoms with E-state index < -0.39 is 11.9 Å². The van der Waals surface area contributed by atoms with E-state index in [9.17, 15) is 14.7 Å². The normalized spacial score (nSPS) is 11.1. The van der Waals surface area contributed by atoms with E-state index >= 15 is 0 Å². The van der Waals surface area contributed by atoms with Gasteiger partial charge in [-0.3, -0.25) is 4.79 Å². The Labute approximate surface area is 128 Å². The van der Waals surface area contributed by atoms with Crippen molar-refractivity contribution in [2.45, 2.75) is 13.8 Å². The molecule has 0 bridgehead atoms. The molecule has 0 saturated heterocycles. The highest BCUT2D eigenvalue weighted by Gasteiger charge is 2.11. The minimum absolute atomic E-state index is 0.179. The third-order valence-electron chi connectivity index (χ3n) is 3.05. The Hall–Kier alpha value is -2.88. The molecule has 0 unspecified atom stereocenters. The molecule has 0 saturated carbocycles. The highest BCUT2D eigenvalue weighted by Crippen LogP contribution is 2.22. The van der Waals surface area contributed by atoms with Gasteiger partial charge in [-0.05, 0) is 36.3 Å². The number of benzene rings is 2. The van der Waals surface area contributed by atoms with E-state index in [1.54, 1.807) is 30.3 Å². The van der Waals surface area contributed by atoms with Gasteiger partial charge in [-0.1, -0.05) is 42.0 Å². The van der Waals surface area contributed by atoms with Gasteiger partial charge in [0.05, 0.1) is 5.57 Å². The lowest BCUT2D eigenvalue weighted by Gasteiger charge is -2.06. The first kappa shape index (κ1) is 15.5. The van der Waals surface area contributed by atoms with Gasteiger partial charge in [0, 0.05) is 6.92 Å². The maximum atomic E-state index is 11.5. The van der Waals surface area contributed by atoms with Crippen molar-refractivity contribution in [2.24, 2.45) is 0 Å². The van der Waals surface area contributed by atoms with E-state index in [1.807, 2.05) is 31.2 Å².